The normalized spacial score (nSPS) is 11.9. The lowest BCUT2D eigenvalue weighted by molar-refractivity contribution is -0.139. The van der Waals surface area contributed by atoms with E-state index in [-0.39, 0.29) is 6.42 Å². The molecule has 2 N–H and O–H groups in total. The van der Waals surface area contributed by atoms with E-state index in [9.17, 15) is 14.7 Å². The van der Waals surface area contributed by atoms with Crippen LogP contribution in [-0.2, 0) is 11.2 Å². The number of fused-ring (bicyclic) bond motifs is 3. The summed E-state index contributed by atoms with van der Waals surface area (Å²) in [4.78, 5) is 28.9. The Balaban J connectivity index is 1.19. The van der Waals surface area contributed by atoms with Crippen molar-refractivity contribution in [3.05, 3.63) is 127 Å². The third kappa shape index (κ3) is 4.88. The number of carboxylic acids is 1. The first-order chi connectivity index (χ1) is 19.1. The Bertz CT molecular complexity index is 1790. The molecule has 0 aliphatic heterocycles. The number of hydrogen-bond donors (Lipinski definition) is 2. The lowest BCUT2D eigenvalue weighted by Gasteiger charge is -2.14. The van der Waals surface area contributed by atoms with E-state index in [2.05, 4.69) is 22.4 Å². The Labute approximate surface area is 224 Å². The first-order valence-corrected chi connectivity index (χ1v) is 12.6. The monoisotopic (exact) mass is 512 g/mol. The van der Waals surface area contributed by atoms with E-state index in [1.807, 2.05) is 84.9 Å². The van der Waals surface area contributed by atoms with Gasteiger partial charge in [0.05, 0.1) is 11.3 Å². The van der Waals surface area contributed by atoms with E-state index in [1.54, 1.807) is 12.1 Å². The van der Waals surface area contributed by atoms with Gasteiger partial charge in [0.25, 0.3) is 5.91 Å². The Kier molecular flexibility index (Phi) is 6.35. The zero-order valence-electron chi connectivity index (χ0n) is 20.9. The molecular formula is C33H24N2O4. The fourth-order valence-electron chi connectivity index (χ4n) is 4.79. The van der Waals surface area contributed by atoms with Crippen LogP contribution in [0.4, 0.5) is 0 Å². The summed E-state index contributed by atoms with van der Waals surface area (Å²) in [6.07, 6.45) is 1.66. The molecule has 39 heavy (non-hydrogen) atoms. The Morgan fingerprint density at radius 2 is 1.49 bits per heavy atom. The summed E-state index contributed by atoms with van der Waals surface area (Å²) in [6, 6.07) is 33.8. The average Bonchev–Trinajstić information content (AvgIpc) is 3.36. The number of hydrogen-bond acceptors (Lipinski definition) is 4. The van der Waals surface area contributed by atoms with Crippen molar-refractivity contribution in [3.63, 3.8) is 0 Å². The lowest BCUT2D eigenvalue weighted by atomic mass is 10.00. The molecule has 1 unspecified atom stereocenters. The second-order valence-corrected chi connectivity index (χ2v) is 9.34. The number of benzene rings is 4. The van der Waals surface area contributed by atoms with E-state index in [0.717, 1.165) is 44.2 Å². The van der Waals surface area contributed by atoms with Gasteiger partial charge in [0.15, 0.2) is 0 Å². The Morgan fingerprint density at radius 3 is 2.23 bits per heavy atom. The number of aromatic nitrogens is 1. The maximum atomic E-state index is 12.7. The average molecular weight is 513 g/mol. The standard InChI is InChI=1S/C33H24N2O4/c36-32(35-29(33(37)38)19-21-7-2-1-3-8-21)24-17-18-28(34-20-24)23-15-13-22(14-16-23)25-10-6-11-27-26-9-4-5-12-30(26)39-31(25)27/h1-18,20,29H,19H2,(H,35,36)(H,37,38). The Morgan fingerprint density at radius 1 is 0.769 bits per heavy atom. The number of furan rings is 1. The number of carbonyl (C=O) groups is 2. The number of aliphatic carboxylic acids is 1. The van der Waals surface area contributed by atoms with Crippen LogP contribution in [0.15, 0.2) is 120 Å². The highest BCUT2D eigenvalue weighted by Crippen LogP contribution is 2.36. The summed E-state index contributed by atoms with van der Waals surface area (Å²) in [7, 11) is 0. The van der Waals surface area contributed by atoms with Gasteiger partial charge in [-0.2, -0.15) is 0 Å². The van der Waals surface area contributed by atoms with E-state index in [4.69, 9.17) is 4.42 Å². The smallest absolute Gasteiger partial charge is 0.326 e. The first-order valence-electron chi connectivity index (χ1n) is 12.6. The quantitative estimate of drug-likeness (QED) is 0.247. The minimum atomic E-state index is -1.09. The van der Waals surface area contributed by atoms with E-state index < -0.39 is 17.9 Å². The van der Waals surface area contributed by atoms with Crippen LogP contribution in [0.1, 0.15) is 15.9 Å². The van der Waals surface area contributed by atoms with Crippen molar-refractivity contribution in [1.29, 1.82) is 0 Å². The number of para-hydroxylation sites is 2. The van der Waals surface area contributed by atoms with Crippen LogP contribution < -0.4 is 5.32 Å². The van der Waals surface area contributed by atoms with E-state index in [1.165, 1.54) is 6.20 Å². The van der Waals surface area contributed by atoms with Gasteiger partial charge >= 0.3 is 5.97 Å². The van der Waals surface area contributed by atoms with Crippen LogP contribution in [-0.4, -0.2) is 28.0 Å². The van der Waals surface area contributed by atoms with Crippen LogP contribution in [0.3, 0.4) is 0 Å². The third-order valence-electron chi connectivity index (χ3n) is 6.81. The predicted octanol–water partition coefficient (Wildman–Crippen LogP) is 6.74. The van der Waals surface area contributed by atoms with Gasteiger partial charge in [0.1, 0.15) is 17.2 Å². The molecule has 1 atom stereocenters. The van der Waals surface area contributed by atoms with Crippen LogP contribution in [0.5, 0.6) is 0 Å². The van der Waals surface area contributed by atoms with Gasteiger partial charge in [0.2, 0.25) is 0 Å². The number of carbonyl (C=O) groups excluding carboxylic acids is 1. The first kappa shape index (κ1) is 24.1. The molecule has 190 valence electrons. The molecule has 6 nitrogen and oxygen atoms in total. The molecule has 6 rings (SSSR count). The topological polar surface area (TPSA) is 92.4 Å². The van der Waals surface area contributed by atoms with Crippen molar-refractivity contribution >= 4 is 33.8 Å². The minimum Gasteiger partial charge on any atom is -0.480 e. The van der Waals surface area contributed by atoms with Crippen molar-refractivity contribution in [3.8, 4) is 22.4 Å². The minimum absolute atomic E-state index is 0.196. The molecule has 0 saturated heterocycles. The van der Waals surface area contributed by atoms with Crippen molar-refractivity contribution in [2.75, 3.05) is 0 Å². The van der Waals surface area contributed by atoms with Gasteiger partial charge in [-0.15, -0.1) is 0 Å². The van der Waals surface area contributed by atoms with Gasteiger partial charge in [-0.05, 0) is 29.3 Å². The van der Waals surface area contributed by atoms with E-state index >= 15 is 0 Å². The highest BCUT2D eigenvalue weighted by Gasteiger charge is 2.21. The number of carboxylic acid groups (broad SMARTS) is 1. The molecule has 0 radical (unpaired) electrons. The number of nitrogens with zero attached hydrogens (tertiary/aromatic N) is 1. The lowest BCUT2D eigenvalue weighted by Crippen LogP contribution is -2.42. The summed E-state index contributed by atoms with van der Waals surface area (Å²) >= 11 is 0. The predicted molar refractivity (Wildman–Crippen MR) is 151 cm³/mol. The zero-order chi connectivity index (χ0) is 26.8. The second kappa shape index (κ2) is 10.3. The molecule has 0 spiro atoms. The molecular weight excluding hydrogens is 488 g/mol. The summed E-state index contributed by atoms with van der Waals surface area (Å²) in [5.74, 6) is -1.57. The highest BCUT2D eigenvalue weighted by atomic mass is 16.4. The molecule has 6 heteroatoms. The maximum absolute atomic E-state index is 12.7. The molecule has 0 aliphatic carbocycles. The molecule has 0 bridgehead atoms. The van der Waals surface area contributed by atoms with Crippen molar-refractivity contribution in [1.82, 2.24) is 10.3 Å². The molecule has 4 aromatic carbocycles. The van der Waals surface area contributed by atoms with Crippen LogP contribution in [0.2, 0.25) is 0 Å². The molecule has 0 fully saturated rings. The molecule has 6 aromatic rings. The number of rotatable bonds is 7. The Hall–Kier alpha value is -5.23. The fraction of sp³-hybridized carbons (Fsp3) is 0.0606. The fourth-order valence-corrected chi connectivity index (χ4v) is 4.79. The molecule has 0 aliphatic rings. The van der Waals surface area contributed by atoms with Gasteiger partial charge < -0.3 is 14.8 Å². The second-order valence-electron chi connectivity index (χ2n) is 9.34. The van der Waals surface area contributed by atoms with Gasteiger partial charge in [0, 0.05) is 34.5 Å². The molecule has 1 amide bonds. The van der Waals surface area contributed by atoms with E-state index in [0.29, 0.717) is 11.3 Å². The SMILES string of the molecule is O=C(NC(Cc1ccccc1)C(=O)O)c1ccc(-c2ccc(-c3cccc4c3oc3ccccc34)cc2)nc1. The van der Waals surface area contributed by atoms with Crippen molar-refractivity contribution in [2.45, 2.75) is 12.5 Å². The number of pyridine rings is 1. The summed E-state index contributed by atoms with van der Waals surface area (Å²) in [6.45, 7) is 0. The van der Waals surface area contributed by atoms with Crippen LogP contribution >= 0.6 is 0 Å². The van der Waals surface area contributed by atoms with Crippen molar-refractivity contribution in [2.24, 2.45) is 0 Å². The highest BCUT2D eigenvalue weighted by molar-refractivity contribution is 6.09. The molecule has 0 saturated carbocycles. The summed E-state index contributed by atoms with van der Waals surface area (Å²) in [5, 5.41) is 14.4. The third-order valence-corrected chi connectivity index (χ3v) is 6.81. The van der Waals surface area contributed by atoms with Crippen molar-refractivity contribution < 1.29 is 19.1 Å². The zero-order valence-corrected chi connectivity index (χ0v) is 20.9. The van der Waals surface area contributed by atoms with Crippen LogP contribution in [0.25, 0.3) is 44.3 Å². The summed E-state index contributed by atoms with van der Waals surface area (Å²) in [5.41, 5.74) is 6.49. The van der Waals surface area contributed by atoms with Gasteiger partial charge in [-0.3, -0.25) is 9.78 Å². The number of nitrogens with one attached hydrogen (secondary N) is 1. The summed E-state index contributed by atoms with van der Waals surface area (Å²) < 4.78 is 6.18. The van der Waals surface area contributed by atoms with Crippen LogP contribution in [0, 0.1) is 0 Å². The molecule has 2 heterocycles. The largest absolute Gasteiger partial charge is 0.480 e. The molecule has 2 aromatic heterocycles. The van der Waals surface area contributed by atoms with Gasteiger partial charge in [-0.25, -0.2) is 4.79 Å². The van der Waals surface area contributed by atoms with Gasteiger partial charge in [-0.1, -0.05) is 91.0 Å². The maximum Gasteiger partial charge on any atom is 0.326 e. The number of amides is 1.